The maximum Gasteiger partial charge on any atom is 0.0515 e. The van der Waals surface area contributed by atoms with Crippen LogP contribution in [0.1, 0.15) is 11.1 Å². The normalized spacial score (nSPS) is 13.2. The van der Waals surface area contributed by atoms with E-state index in [2.05, 4.69) is 49.2 Å². The van der Waals surface area contributed by atoms with Crippen LogP contribution in [0, 0.1) is 6.07 Å². The van der Waals surface area contributed by atoms with Gasteiger partial charge in [0.15, 0.2) is 0 Å². The summed E-state index contributed by atoms with van der Waals surface area (Å²) in [5.41, 5.74) is 5.24. The van der Waals surface area contributed by atoms with E-state index in [4.69, 9.17) is 0 Å². The Morgan fingerprint density at radius 3 is 2.68 bits per heavy atom. The van der Waals surface area contributed by atoms with Crippen LogP contribution < -0.4 is 5.30 Å². The molecule has 1 aliphatic carbocycles. The van der Waals surface area contributed by atoms with Gasteiger partial charge >= 0.3 is 0 Å². The van der Waals surface area contributed by atoms with E-state index in [9.17, 15) is 0 Å². The van der Waals surface area contributed by atoms with E-state index < -0.39 is 7.26 Å². The summed E-state index contributed by atoms with van der Waals surface area (Å²) in [5, 5.41) is 1.55. The fourth-order valence-corrected chi connectivity index (χ4v) is 4.29. The van der Waals surface area contributed by atoms with Crippen LogP contribution in [0.15, 0.2) is 30.5 Å². The van der Waals surface area contributed by atoms with Gasteiger partial charge in [-0.15, -0.1) is 23.8 Å². The molecular formula is C16H18IrNP. The molecule has 0 amide bonds. The van der Waals surface area contributed by atoms with Gasteiger partial charge in [0.25, 0.3) is 0 Å². The molecule has 101 valence electrons. The summed E-state index contributed by atoms with van der Waals surface area (Å²) in [6.45, 7) is 7.16. The molecule has 3 rings (SSSR count). The summed E-state index contributed by atoms with van der Waals surface area (Å²) < 4.78 is 0. The van der Waals surface area contributed by atoms with Gasteiger partial charge in [-0.1, -0.05) is 23.6 Å². The van der Waals surface area contributed by atoms with Gasteiger partial charge in [0.2, 0.25) is 0 Å². The van der Waals surface area contributed by atoms with Crippen LogP contribution >= 0.6 is 7.26 Å². The summed E-state index contributed by atoms with van der Waals surface area (Å²) in [6, 6.07) is 12.0. The van der Waals surface area contributed by atoms with E-state index in [1.807, 2.05) is 12.3 Å². The molecule has 0 spiro atoms. The average molecular weight is 448 g/mol. The van der Waals surface area contributed by atoms with E-state index in [1.165, 1.54) is 16.7 Å². The van der Waals surface area contributed by atoms with Crippen LogP contribution in [0.3, 0.4) is 0 Å². The number of nitrogens with zero attached hydrogens (tertiary/aromatic N) is 1. The van der Waals surface area contributed by atoms with E-state index in [0.29, 0.717) is 0 Å². The predicted octanol–water partition coefficient (Wildman–Crippen LogP) is 3.18. The summed E-state index contributed by atoms with van der Waals surface area (Å²) in [5.74, 6) is 0. The molecule has 1 nitrogen and oxygen atoms in total. The van der Waals surface area contributed by atoms with Crippen molar-refractivity contribution in [3.05, 3.63) is 47.7 Å². The number of hydrogen-bond donors (Lipinski definition) is 0. The van der Waals surface area contributed by atoms with Crippen molar-refractivity contribution in [2.45, 2.75) is 12.8 Å². The van der Waals surface area contributed by atoms with E-state index in [-0.39, 0.29) is 20.1 Å². The van der Waals surface area contributed by atoms with E-state index >= 15 is 0 Å². The van der Waals surface area contributed by atoms with Crippen LogP contribution in [-0.4, -0.2) is 25.0 Å². The third-order valence-corrected chi connectivity index (χ3v) is 5.44. The Hall–Kier alpha value is -0.551. The molecule has 0 bridgehead atoms. The number of aromatic nitrogens is 1. The first-order valence-corrected chi connectivity index (χ1v) is 9.50. The van der Waals surface area contributed by atoms with Gasteiger partial charge in [0.1, 0.15) is 0 Å². The largest absolute Gasteiger partial charge is 0.304 e. The fourth-order valence-electron chi connectivity index (χ4n) is 2.74. The molecule has 0 N–H and O–H groups in total. The maximum absolute atomic E-state index is 4.56. The van der Waals surface area contributed by atoms with E-state index in [0.717, 1.165) is 18.5 Å². The van der Waals surface area contributed by atoms with Crippen molar-refractivity contribution in [3.63, 3.8) is 0 Å². The van der Waals surface area contributed by atoms with Gasteiger partial charge in [-0.05, 0) is 18.2 Å². The molecule has 0 saturated heterocycles. The second-order valence-corrected chi connectivity index (χ2v) is 10.2. The Balaban J connectivity index is 0.00000133. The average Bonchev–Trinajstić information content (AvgIpc) is 2.36. The molecule has 0 aliphatic heterocycles. The molecule has 2 aromatic rings. The molecule has 1 aromatic heterocycles. The Morgan fingerprint density at radius 2 is 1.95 bits per heavy atom. The van der Waals surface area contributed by atoms with E-state index in [1.54, 1.807) is 5.30 Å². The van der Waals surface area contributed by atoms with Crippen LogP contribution in [0.5, 0.6) is 0 Å². The van der Waals surface area contributed by atoms with Gasteiger partial charge in [-0.25, -0.2) is 0 Å². The minimum Gasteiger partial charge on any atom is -0.304 e. The molecule has 1 radical (unpaired) electrons. The standard InChI is InChI=1S/C16H18NP.Ir/c1-18(2,3)15-8-4-7-14-13(15)10-9-12-6-5-11-17-16(12)14;/h4-6,8,11H,9-10H2,1-3H3;. The molecule has 0 unspecified atom stereocenters. The Bertz CT molecular complexity index is 602. The first-order chi connectivity index (χ1) is 8.57. The smallest absolute Gasteiger partial charge is 0.0515 e. The first-order valence-electron chi connectivity index (χ1n) is 6.37. The van der Waals surface area contributed by atoms with Crippen LogP contribution in [0.4, 0.5) is 0 Å². The number of aryl methyl sites for hydroxylation is 1. The minimum absolute atomic E-state index is 0. The molecule has 3 heteroatoms. The molecule has 0 saturated carbocycles. The van der Waals surface area contributed by atoms with Crippen molar-refractivity contribution in [3.8, 4) is 11.3 Å². The second-order valence-electron chi connectivity index (χ2n) is 5.74. The summed E-state index contributed by atoms with van der Waals surface area (Å²) >= 11 is 0. The zero-order valence-electron chi connectivity index (χ0n) is 11.5. The predicted molar refractivity (Wildman–Crippen MR) is 80.2 cm³/mol. The summed E-state index contributed by atoms with van der Waals surface area (Å²) in [4.78, 5) is 4.56. The molecule has 1 aliphatic rings. The third kappa shape index (κ3) is 2.68. The fraction of sp³-hybridized carbons (Fsp3) is 0.312. The SMILES string of the molecule is C[P+](C)(C)c1cc[c-]c2c1CCc1cccnc1-2.[Ir]. The van der Waals surface area contributed by atoms with Crippen molar-refractivity contribution >= 4 is 12.6 Å². The van der Waals surface area contributed by atoms with Gasteiger partial charge < -0.3 is 4.98 Å². The molecule has 0 fully saturated rings. The third-order valence-electron chi connectivity index (χ3n) is 3.57. The van der Waals surface area contributed by atoms with Crippen molar-refractivity contribution in [2.24, 2.45) is 0 Å². The second kappa shape index (κ2) is 5.44. The number of benzene rings is 1. The molecule has 1 aromatic carbocycles. The van der Waals surface area contributed by atoms with Gasteiger partial charge in [-0.2, -0.15) is 0 Å². The Kier molecular flexibility index (Phi) is 4.26. The quantitative estimate of drug-likeness (QED) is 0.484. The molecule has 0 atom stereocenters. The molecule has 1 heterocycles. The Labute approximate surface area is 129 Å². The number of pyridine rings is 1. The number of rotatable bonds is 1. The number of fused-ring (bicyclic) bond motifs is 3. The Morgan fingerprint density at radius 1 is 1.16 bits per heavy atom. The number of hydrogen-bond acceptors (Lipinski definition) is 1. The topological polar surface area (TPSA) is 12.9 Å². The van der Waals surface area contributed by atoms with Crippen LogP contribution in [-0.2, 0) is 32.9 Å². The maximum atomic E-state index is 4.56. The summed E-state index contributed by atoms with van der Waals surface area (Å²) in [6.07, 6.45) is 4.14. The monoisotopic (exact) mass is 448 g/mol. The van der Waals surface area contributed by atoms with Crippen molar-refractivity contribution in [1.82, 2.24) is 4.98 Å². The van der Waals surface area contributed by atoms with Crippen molar-refractivity contribution in [1.29, 1.82) is 0 Å². The first kappa shape index (κ1) is 14.9. The van der Waals surface area contributed by atoms with Gasteiger partial charge in [0, 0.05) is 38.9 Å². The molecular weight excluding hydrogens is 429 g/mol. The van der Waals surface area contributed by atoms with Gasteiger partial charge in [0.05, 0.1) is 20.0 Å². The molecule has 19 heavy (non-hydrogen) atoms. The summed E-state index contributed by atoms with van der Waals surface area (Å²) in [7, 11) is -0.988. The zero-order chi connectivity index (χ0) is 12.8. The minimum atomic E-state index is -0.988. The van der Waals surface area contributed by atoms with Crippen LogP contribution in [0.25, 0.3) is 11.3 Å². The van der Waals surface area contributed by atoms with Crippen molar-refractivity contribution < 1.29 is 20.1 Å². The van der Waals surface area contributed by atoms with Gasteiger partial charge in [-0.3, -0.25) is 0 Å². The van der Waals surface area contributed by atoms with Crippen molar-refractivity contribution in [2.75, 3.05) is 20.0 Å². The van der Waals surface area contributed by atoms with Crippen LogP contribution in [0.2, 0.25) is 0 Å². The zero-order valence-corrected chi connectivity index (χ0v) is 14.8.